The molecule has 138 valence electrons. The van der Waals surface area contributed by atoms with Gasteiger partial charge < -0.3 is 5.73 Å². The SMILES string of the molecule is Nc1cnc(-c2ccc(C3CCC3)c(CCc3cccc(F)c3)c2F)cn1. The molecule has 0 aliphatic heterocycles. The van der Waals surface area contributed by atoms with Gasteiger partial charge in [-0.25, -0.2) is 13.8 Å². The van der Waals surface area contributed by atoms with Crippen LogP contribution in [0.1, 0.15) is 41.9 Å². The van der Waals surface area contributed by atoms with Crippen LogP contribution < -0.4 is 5.73 Å². The number of hydrogen-bond acceptors (Lipinski definition) is 3. The zero-order valence-corrected chi connectivity index (χ0v) is 15.0. The van der Waals surface area contributed by atoms with Gasteiger partial charge in [-0.1, -0.05) is 24.6 Å². The first-order valence-electron chi connectivity index (χ1n) is 9.25. The summed E-state index contributed by atoms with van der Waals surface area (Å²) in [4.78, 5) is 8.23. The highest BCUT2D eigenvalue weighted by Crippen LogP contribution is 2.40. The van der Waals surface area contributed by atoms with Gasteiger partial charge >= 0.3 is 0 Å². The molecule has 1 aliphatic rings. The maximum atomic E-state index is 15.4. The molecule has 4 rings (SSSR count). The van der Waals surface area contributed by atoms with E-state index in [4.69, 9.17) is 5.73 Å². The van der Waals surface area contributed by atoms with E-state index in [0.29, 0.717) is 41.4 Å². The summed E-state index contributed by atoms with van der Waals surface area (Å²) >= 11 is 0. The predicted molar refractivity (Wildman–Crippen MR) is 102 cm³/mol. The second kappa shape index (κ2) is 7.43. The van der Waals surface area contributed by atoms with Crippen molar-refractivity contribution in [2.45, 2.75) is 38.0 Å². The van der Waals surface area contributed by atoms with Crippen LogP contribution in [0.2, 0.25) is 0 Å². The van der Waals surface area contributed by atoms with Crippen molar-refractivity contribution in [3.05, 3.63) is 77.1 Å². The van der Waals surface area contributed by atoms with E-state index in [1.807, 2.05) is 12.1 Å². The minimum atomic E-state index is -0.266. The summed E-state index contributed by atoms with van der Waals surface area (Å²) in [5.74, 6) is 0.193. The Morgan fingerprint density at radius 2 is 1.85 bits per heavy atom. The van der Waals surface area contributed by atoms with E-state index in [0.717, 1.165) is 24.0 Å². The molecule has 27 heavy (non-hydrogen) atoms. The van der Waals surface area contributed by atoms with Crippen molar-refractivity contribution < 1.29 is 8.78 Å². The van der Waals surface area contributed by atoms with Gasteiger partial charge in [-0.15, -0.1) is 0 Å². The van der Waals surface area contributed by atoms with Crippen LogP contribution in [0.15, 0.2) is 48.8 Å². The van der Waals surface area contributed by atoms with Crippen molar-refractivity contribution in [3.63, 3.8) is 0 Å². The average molecular weight is 365 g/mol. The molecule has 2 aromatic carbocycles. The molecule has 2 N–H and O–H groups in total. The Morgan fingerprint density at radius 1 is 1.00 bits per heavy atom. The lowest BCUT2D eigenvalue weighted by Gasteiger charge is -2.29. The Kier molecular flexibility index (Phi) is 4.84. The highest BCUT2D eigenvalue weighted by Gasteiger charge is 2.25. The molecule has 0 bridgehead atoms. The molecule has 1 aliphatic carbocycles. The molecule has 3 aromatic rings. The first-order valence-corrected chi connectivity index (χ1v) is 9.25. The van der Waals surface area contributed by atoms with E-state index < -0.39 is 0 Å². The molecule has 0 unspecified atom stereocenters. The Labute approximate surface area is 157 Å². The molecule has 0 saturated heterocycles. The van der Waals surface area contributed by atoms with Gasteiger partial charge in [0, 0.05) is 5.56 Å². The van der Waals surface area contributed by atoms with Crippen LogP contribution in [0.3, 0.4) is 0 Å². The normalized spacial score (nSPS) is 14.1. The number of nitrogens with zero attached hydrogens (tertiary/aromatic N) is 2. The number of aryl methyl sites for hydroxylation is 1. The van der Waals surface area contributed by atoms with Crippen molar-refractivity contribution in [1.29, 1.82) is 0 Å². The fourth-order valence-electron chi connectivity index (χ4n) is 3.63. The molecular formula is C22H21F2N3. The second-order valence-electron chi connectivity index (χ2n) is 7.08. The van der Waals surface area contributed by atoms with E-state index in [2.05, 4.69) is 9.97 Å². The monoisotopic (exact) mass is 365 g/mol. The number of hydrogen-bond donors (Lipinski definition) is 1. The number of anilines is 1. The Hall–Kier alpha value is -2.82. The van der Waals surface area contributed by atoms with Gasteiger partial charge in [0.2, 0.25) is 0 Å². The molecule has 0 atom stereocenters. The van der Waals surface area contributed by atoms with E-state index >= 15 is 4.39 Å². The smallest absolute Gasteiger partial charge is 0.141 e. The second-order valence-corrected chi connectivity index (χ2v) is 7.08. The largest absolute Gasteiger partial charge is 0.382 e. The maximum Gasteiger partial charge on any atom is 0.141 e. The lowest BCUT2D eigenvalue weighted by molar-refractivity contribution is 0.414. The number of benzene rings is 2. The van der Waals surface area contributed by atoms with Gasteiger partial charge in [-0.05, 0) is 66.5 Å². The first kappa shape index (κ1) is 17.6. The Bertz CT molecular complexity index is 950. The van der Waals surface area contributed by atoms with Gasteiger partial charge in [0.05, 0.1) is 18.1 Å². The van der Waals surface area contributed by atoms with Crippen LogP contribution in [0, 0.1) is 11.6 Å². The lowest BCUT2D eigenvalue weighted by atomic mass is 9.77. The number of rotatable bonds is 5. The molecular weight excluding hydrogens is 344 g/mol. The van der Waals surface area contributed by atoms with Crippen LogP contribution in [-0.4, -0.2) is 9.97 Å². The van der Waals surface area contributed by atoms with Crippen molar-refractivity contribution >= 4 is 5.82 Å². The van der Waals surface area contributed by atoms with Crippen LogP contribution in [0.25, 0.3) is 11.3 Å². The number of nitrogen functional groups attached to an aromatic ring is 1. The van der Waals surface area contributed by atoms with Crippen LogP contribution in [0.5, 0.6) is 0 Å². The van der Waals surface area contributed by atoms with Gasteiger partial charge in [0.25, 0.3) is 0 Å². The molecule has 5 heteroatoms. The van der Waals surface area contributed by atoms with Crippen molar-refractivity contribution in [3.8, 4) is 11.3 Å². The van der Waals surface area contributed by atoms with Crippen molar-refractivity contribution in [2.24, 2.45) is 0 Å². The third-order valence-electron chi connectivity index (χ3n) is 5.32. The average Bonchev–Trinajstić information content (AvgIpc) is 2.61. The van der Waals surface area contributed by atoms with Gasteiger partial charge in [-0.2, -0.15) is 0 Å². The van der Waals surface area contributed by atoms with Gasteiger partial charge in [-0.3, -0.25) is 4.98 Å². The zero-order valence-electron chi connectivity index (χ0n) is 15.0. The van der Waals surface area contributed by atoms with Crippen molar-refractivity contribution in [2.75, 3.05) is 5.73 Å². The summed E-state index contributed by atoms with van der Waals surface area (Å²) < 4.78 is 28.9. The van der Waals surface area contributed by atoms with Crippen LogP contribution in [-0.2, 0) is 12.8 Å². The van der Waals surface area contributed by atoms with E-state index in [1.165, 1.54) is 30.9 Å². The first-order chi connectivity index (χ1) is 13.1. The minimum absolute atomic E-state index is 0.255. The molecule has 0 amide bonds. The van der Waals surface area contributed by atoms with Crippen molar-refractivity contribution in [1.82, 2.24) is 9.97 Å². The summed E-state index contributed by atoms with van der Waals surface area (Å²) in [6.07, 6.45) is 7.40. The van der Waals surface area contributed by atoms with Gasteiger partial charge in [0.15, 0.2) is 0 Å². The van der Waals surface area contributed by atoms with Gasteiger partial charge in [0.1, 0.15) is 17.5 Å². The molecule has 0 radical (unpaired) electrons. The fraction of sp³-hybridized carbons (Fsp3) is 0.273. The van der Waals surface area contributed by atoms with E-state index in [-0.39, 0.29) is 11.6 Å². The zero-order chi connectivity index (χ0) is 18.8. The fourth-order valence-corrected chi connectivity index (χ4v) is 3.63. The molecule has 3 nitrogen and oxygen atoms in total. The predicted octanol–water partition coefficient (Wildman–Crippen LogP) is 5.06. The Morgan fingerprint density at radius 3 is 2.52 bits per heavy atom. The van der Waals surface area contributed by atoms with E-state index in [9.17, 15) is 4.39 Å². The molecule has 1 saturated carbocycles. The maximum absolute atomic E-state index is 15.4. The third kappa shape index (κ3) is 3.68. The number of aromatic nitrogens is 2. The molecule has 0 spiro atoms. The number of halogens is 2. The number of nitrogens with two attached hydrogens (primary N) is 1. The lowest BCUT2D eigenvalue weighted by Crippen LogP contribution is -2.13. The molecule has 1 heterocycles. The third-order valence-corrected chi connectivity index (χ3v) is 5.32. The minimum Gasteiger partial charge on any atom is -0.382 e. The van der Waals surface area contributed by atoms with Crippen LogP contribution >= 0.6 is 0 Å². The standard InChI is InChI=1S/C22H21F2N3/c23-16-6-1-3-14(11-16)7-8-18-17(15-4-2-5-15)9-10-19(22(18)24)20-12-27-21(25)13-26-20/h1,3,6,9-13,15H,2,4-5,7-8H2,(H2,25,27). The summed E-state index contributed by atoms with van der Waals surface area (Å²) in [5.41, 5.74) is 9.13. The van der Waals surface area contributed by atoms with Crippen LogP contribution in [0.4, 0.5) is 14.6 Å². The summed E-state index contributed by atoms with van der Waals surface area (Å²) in [5, 5.41) is 0. The summed E-state index contributed by atoms with van der Waals surface area (Å²) in [6, 6.07) is 10.3. The highest BCUT2D eigenvalue weighted by molar-refractivity contribution is 5.62. The summed E-state index contributed by atoms with van der Waals surface area (Å²) in [6.45, 7) is 0. The van der Waals surface area contributed by atoms with E-state index in [1.54, 1.807) is 12.1 Å². The summed E-state index contributed by atoms with van der Waals surface area (Å²) in [7, 11) is 0. The highest BCUT2D eigenvalue weighted by atomic mass is 19.1. The quantitative estimate of drug-likeness (QED) is 0.688. The topological polar surface area (TPSA) is 51.8 Å². The molecule has 1 aromatic heterocycles. The Balaban J connectivity index is 1.69. The molecule has 1 fully saturated rings.